The molecular weight excluding hydrogens is 252 g/mol. The van der Waals surface area contributed by atoms with Crippen LogP contribution in [0.4, 0.5) is 11.4 Å². The maximum atomic E-state index is 11.6. The Kier molecular flexibility index (Phi) is 4.20. The van der Waals surface area contributed by atoms with Crippen LogP contribution in [0.25, 0.3) is 0 Å². The Labute approximate surface area is 118 Å². The first-order chi connectivity index (χ1) is 9.61. The van der Waals surface area contributed by atoms with E-state index in [9.17, 15) is 4.79 Å². The van der Waals surface area contributed by atoms with E-state index in [1.807, 2.05) is 19.2 Å². The molecule has 2 aromatic rings. The summed E-state index contributed by atoms with van der Waals surface area (Å²) in [7, 11) is 1.60. The van der Waals surface area contributed by atoms with Gasteiger partial charge in [-0.2, -0.15) is 0 Å². The number of amides is 1. The first-order valence-corrected chi connectivity index (χ1v) is 6.37. The van der Waals surface area contributed by atoms with Gasteiger partial charge < -0.3 is 16.4 Å². The third-order valence-electron chi connectivity index (χ3n) is 3.16. The van der Waals surface area contributed by atoms with Crippen LogP contribution >= 0.6 is 0 Å². The third kappa shape index (κ3) is 3.06. The lowest BCUT2D eigenvalue weighted by molar-refractivity contribution is 0.0963. The first kappa shape index (κ1) is 13.9. The Hall–Kier alpha value is -2.56. The molecule has 0 saturated carbocycles. The molecule has 0 aliphatic carbocycles. The molecule has 2 rings (SSSR count). The maximum Gasteiger partial charge on any atom is 0.251 e. The molecule has 104 valence electrons. The molecule has 20 heavy (non-hydrogen) atoms. The van der Waals surface area contributed by atoms with Gasteiger partial charge in [-0.1, -0.05) is 0 Å². The van der Waals surface area contributed by atoms with Crippen molar-refractivity contribution in [3.63, 3.8) is 0 Å². The van der Waals surface area contributed by atoms with E-state index in [1.54, 1.807) is 31.4 Å². The van der Waals surface area contributed by atoms with Crippen LogP contribution < -0.4 is 16.4 Å². The summed E-state index contributed by atoms with van der Waals surface area (Å²) >= 11 is 0. The molecule has 0 spiro atoms. The van der Waals surface area contributed by atoms with E-state index in [0.29, 0.717) is 17.8 Å². The van der Waals surface area contributed by atoms with Crippen molar-refractivity contribution in [2.75, 3.05) is 18.1 Å². The van der Waals surface area contributed by atoms with Crippen LogP contribution in [0.15, 0.2) is 36.7 Å². The zero-order chi connectivity index (χ0) is 14.5. The van der Waals surface area contributed by atoms with Crippen LogP contribution in [-0.4, -0.2) is 17.9 Å². The summed E-state index contributed by atoms with van der Waals surface area (Å²) in [6, 6.07) is 7.14. The Morgan fingerprint density at radius 3 is 2.85 bits per heavy atom. The smallest absolute Gasteiger partial charge is 0.251 e. The van der Waals surface area contributed by atoms with E-state index >= 15 is 0 Å². The minimum absolute atomic E-state index is 0.134. The number of hydrogen-bond acceptors (Lipinski definition) is 4. The average Bonchev–Trinajstić information content (AvgIpc) is 2.47. The highest BCUT2D eigenvalue weighted by molar-refractivity contribution is 5.96. The SMILES string of the molecule is CNC(=O)c1ccc(N)c(NCc2cnccc2C)c1. The number of aryl methyl sites for hydroxylation is 1. The third-order valence-corrected chi connectivity index (χ3v) is 3.16. The van der Waals surface area contributed by atoms with Gasteiger partial charge in [0.05, 0.1) is 11.4 Å². The minimum atomic E-state index is -0.134. The Morgan fingerprint density at radius 1 is 1.35 bits per heavy atom. The summed E-state index contributed by atoms with van der Waals surface area (Å²) in [5, 5.41) is 5.84. The molecule has 0 atom stereocenters. The van der Waals surface area contributed by atoms with Crippen molar-refractivity contribution in [1.82, 2.24) is 10.3 Å². The first-order valence-electron chi connectivity index (χ1n) is 6.37. The van der Waals surface area contributed by atoms with Gasteiger partial charge in [-0.05, 0) is 42.3 Å². The molecule has 1 heterocycles. The molecular formula is C15H18N4O. The van der Waals surface area contributed by atoms with Crippen molar-refractivity contribution >= 4 is 17.3 Å². The second-order valence-corrected chi connectivity index (χ2v) is 4.54. The van der Waals surface area contributed by atoms with E-state index in [-0.39, 0.29) is 5.91 Å². The fraction of sp³-hybridized carbons (Fsp3) is 0.200. The van der Waals surface area contributed by atoms with Crippen molar-refractivity contribution in [1.29, 1.82) is 0 Å². The molecule has 0 bridgehead atoms. The fourth-order valence-electron chi connectivity index (χ4n) is 1.87. The second-order valence-electron chi connectivity index (χ2n) is 4.54. The molecule has 1 aromatic carbocycles. The number of benzene rings is 1. The van der Waals surface area contributed by atoms with Gasteiger partial charge in [-0.3, -0.25) is 9.78 Å². The average molecular weight is 270 g/mol. The lowest BCUT2D eigenvalue weighted by Crippen LogP contribution is -2.18. The number of nitrogen functional groups attached to an aromatic ring is 1. The summed E-state index contributed by atoms with van der Waals surface area (Å²) in [4.78, 5) is 15.7. The normalized spacial score (nSPS) is 10.1. The van der Waals surface area contributed by atoms with Gasteiger partial charge in [0, 0.05) is 31.5 Å². The van der Waals surface area contributed by atoms with Crippen molar-refractivity contribution < 1.29 is 4.79 Å². The zero-order valence-electron chi connectivity index (χ0n) is 11.6. The zero-order valence-corrected chi connectivity index (χ0v) is 11.6. The number of nitrogens with one attached hydrogen (secondary N) is 2. The summed E-state index contributed by atoms with van der Waals surface area (Å²) in [5.74, 6) is -0.134. The quantitative estimate of drug-likeness (QED) is 0.742. The van der Waals surface area contributed by atoms with Crippen molar-refractivity contribution in [3.05, 3.63) is 53.3 Å². The Morgan fingerprint density at radius 2 is 2.15 bits per heavy atom. The van der Waals surface area contributed by atoms with Crippen molar-refractivity contribution in [3.8, 4) is 0 Å². The predicted octanol–water partition coefficient (Wildman–Crippen LogP) is 1.94. The van der Waals surface area contributed by atoms with Crippen LogP contribution in [0.3, 0.4) is 0 Å². The molecule has 1 aromatic heterocycles. The molecule has 0 saturated heterocycles. The van der Waals surface area contributed by atoms with Gasteiger partial charge in [-0.15, -0.1) is 0 Å². The van der Waals surface area contributed by atoms with E-state index in [4.69, 9.17) is 5.73 Å². The largest absolute Gasteiger partial charge is 0.397 e. The number of pyridine rings is 1. The Balaban J connectivity index is 2.17. The van der Waals surface area contributed by atoms with Gasteiger partial charge in [0.2, 0.25) is 0 Å². The second kappa shape index (κ2) is 6.06. The maximum absolute atomic E-state index is 11.6. The van der Waals surface area contributed by atoms with Crippen LogP contribution in [0.1, 0.15) is 21.5 Å². The molecule has 4 N–H and O–H groups in total. The molecule has 5 heteroatoms. The molecule has 0 radical (unpaired) electrons. The highest BCUT2D eigenvalue weighted by atomic mass is 16.1. The fourth-order valence-corrected chi connectivity index (χ4v) is 1.87. The number of rotatable bonds is 4. The molecule has 0 unspecified atom stereocenters. The van der Waals surface area contributed by atoms with E-state index in [1.165, 1.54) is 0 Å². The summed E-state index contributed by atoms with van der Waals surface area (Å²) in [6.45, 7) is 2.64. The van der Waals surface area contributed by atoms with Crippen LogP contribution in [0.5, 0.6) is 0 Å². The van der Waals surface area contributed by atoms with Gasteiger partial charge in [0.1, 0.15) is 0 Å². The number of hydrogen-bond donors (Lipinski definition) is 3. The van der Waals surface area contributed by atoms with Crippen molar-refractivity contribution in [2.45, 2.75) is 13.5 Å². The van der Waals surface area contributed by atoms with E-state index < -0.39 is 0 Å². The van der Waals surface area contributed by atoms with E-state index in [2.05, 4.69) is 15.6 Å². The van der Waals surface area contributed by atoms with Gasteiger partial charge in [0.15, 0.2) is 0 Å². The number of nitrogens with two attached hydrogens (primary N) is 1. The molecule has 5 nitrogen and oxygen atoms in total. The number of anilines is 2. The predicted molar refractivity (Wildman–Crippen MR) is 80.5 cm³/mol. The lowest BCUT2D eigenvalue weighted by atomic mass is 10.1. The monoisotopic (exact) mass is 270 g/mol. The molecule has 0 aliphatic heterocycles. The topological polar surface area (TPSA) is 80.0 Å². The number of aromatic nitrogens is 1. The highest BCUT2D eigenvalue weighted by Crippen LogP contribution is 2.21. The van der Waals surface area contributed by atoms with Crippen LogP contribution in [-0.2, 0) is 6.54 Å². The van der Waals surface area contributed by atoms with E-state index in [0.717, 1.165) is 16.8 Å². The van der Waals surface area contributed by atoms with Gasteiger partial charge in [-0.25, -0.2) is 0 Å². The summed E-state index contributed by atoms with van der Waals surface area (Å²) in [5.41, 5.74) is 10.1. The van der Waals surface area contributed by atoms with Crippen molar-refractivity contribution in [2.24, 2.45) is 0 Å². The Bertz CT molecular complexity index is 625. The minimum Gasteiger partial charge on any atom is -0.397 e. The standard InChI is InChI=1S/C15H18N4O/c1-10-5-6-18-8-12(10)9-19-14-7-11(15(20)17-2)3-4-13(14)16/h3-8,19H,9,16H2,1-2H3,(H,17,20). The van der Waals surface area contributed by atoms with Crippen LogP contribution in [0, 0.1) is 6.92 Å². The summed E-state index contributed by atoms with van der Waals surface area (Å²) < 4.78 is 0. The molecule has 1 amide bonds. The van der Waals surface area contributed by atoms with Gasteiger partial charge in [0.25, 0.3) is 5.91 Å². The summed E-state index contributed by atoms with van der Waals surface area (Å²) in [6.07, 6.45) is 3.58. The number of nitrogens with zero attached hydrogens (tertiary/aromatic N) is 1. The number of carbonyl (C=O) groups excluding carboxylic acids is 1. The molecule has 0 aliphatic rings. The highest BCUT2D eigenvalue weighted by Gasteiger charge is 2.07. The number of carbonyl (C=O) groups is 1. The van der Waals surface area contributed by atoms with Crippen LogP contribution in [0.2, 0.25) is 0 Å². The lowest BCUT2D eigenvalue weighted by Gasteiger charge is -2.12. The molecule has 0 fully saturated rings. The van der Waals surface area contributed by atoms with Gasteiger partial charge >= 0.3 is 0 Å².